The molecule has 3 rings (SSSR count). The lowest BCUT2D eigenvalue weighted by Crippen LogP contribution is -2.45. The zero-order chi connectivity index (χ0) is 15.7. The molecule has 1 fully saturated rings. The SMILES string of the molecule is COc1cc2c(cc1OC)C(C)N(C(=O)NCC1CC1)CC2. The molecule has 0 spiro atoms. The summed E-state index contributed by atoms with van der Waals surface area (Å²) in [6.07, 6.45) is 3.34. The third kappa shape index (κ3) is 2.85. The maximum Gasteiger partial charge on any atom is 0.317 e. The highest BCUT2D eigenvalue weighted by molar-refractivity contribution is 5.75. The van der Waals surface area contributed by atoms with Crippen LogP contribution in [-0.4, -0.2) is 38.2 Å². The predicted octanol–water partition coefficient (Wildman–Crippen LogP) is 2.74. The van der Waals surface area contributed by atoms with Gasteiger partial charge >= 0.3 is 6.03 Å². The fourth-order valence-corrected chi connectivity index (χ4v) is 3.08. The Bertz CT molecular complexity index is 569. The largest absolute Gasteiger partial charge is 0.493 e. The van der Waals surface area contributed by atoms with Crippen LogP contribution in [0, 0.1) is 5.92 Å². The molecule has 5 nitrogen and oxygen atoms in total. The van der Waals surface area contributed by atoms with Gasteiger partial charge in [-0.1, -0.05) is 0 Å². The number of nitrogens with zero attached hydrogens (tertiary/aromatic N) is 1. The maximum absolute atomic E-state index is 12.4. The standard InChI is InChI=1S/C17H24N2O3/c1-11-14-9-16(22-3)15(21-2)8-13(14)6-7-19(11)17(20)18-10-12-4-5-12/h8-9,11-12H,4-7,10H2,1-3H3,(H,18,20). The highest BCUT2D eigenvalue weighted by atomic mass is 16.5. The number of benzene rings is 1. The molecule has 0 aromatic heterocycles. The topological polar surface area (TPSA) is 50.8 Å². The van der Waals surface area contributed by atoms with Gasteiger partial charge in [0.15, 0.2) is 11.5 Å². The summed E-state index contributed by atoms with van der Waals surface area (Å²) in [7, 11) is 3.28. The highest BCUT2D eigenvalue weighted by Gasteiger charge is 2.30. The number of hydrogen-bond donors (Lipinski definition) is 1. The van der Waals surface area contributed by atoms with Crippen molar-refractivity contribution in [1.29, 1.82) is 0 Å². The van der Waals surface area contributed by atoms with E-state index in [1.165, 1.54) is 18.4 Å². The number of carbonyl (C=O) groups excluding carboxylic acids is 1. The molecule has 1 aromatic rings. The van der Waals surface area contributed by atoms with Gasteiger partial charge in [-0.3, -0.25) is 0 Å². The number of urea groups is 1. The average Bonchev–Trinajstić information content (AvgIpc) is 3.36. The van der Waals surface area contributed by atoms with Crippen LogP contribution in [0.4, 0.5) is 4.79 Å². The Kier molecular flexibility index (Phi) is 4.14. The van der Waals surface area contributed by atoms with E-state index in [9.17, 15) is 4.79 Å². The third-order valence-corrected chi connectivity index (χ3v) is 4.68. The summed E-state index contributed by atoms with van der Waals surface area (Å²) in [4.78, 5) is 14.3. The number of carbonyl (C=O) groups is 1. The van der Waals surface area contributed by atoms with Gasteiger partial charge in [-0.25, -0.2) is 4.79 Å². The van der Waals surface area contributed by atoms with Crippen molar-refractivity contribution in [1.82, 2.24) is 10.2 Å². The summed E-state index contributed by atoms with van der Waals surface area (Å²) in [5, 5.41) is 3.06. The maximum atomic E-state index is 12.4. The Balaban J connectivity index is 1.78. The van der Waals surface area contributed by atoms with Crippen LogP contribution in [0.15, 0.2) is 12.1 Å². The number of rotatable bonds is 4. The Morgan fingerprint density at radius 2 is 1.95 bits per heavy atom. The van der Waals surface area contributed by atoms with Crippen molar-refractivity contribution in [2.45, 2.75) is 32.2 Å². The van der Waals surface area contributed by atoms with E-state index >= 15 is 0 Å². The van der Waals surface area contributed by atoms with E-state index in [-0.39, 0.29) is 12.1 Å². The molecule has 1 saturated carbocycles. The zero-order valence-corrected chi connectivity index (χ0v) is 13.5. The monoisotopic (exact) mass is 304 g/mol. The summed E-state index contributed by atoms with van der Waals surface area (Å²) in [6.45, 7) is 3.61. The fourth-order valence-electron chi connectivity index (χ4n) is 3.08. The minimum absolute atomic E-state index is 0.0415. The summed E-state index contributed by atoms with van der Waals surface area (Å²) in [5.41, 5.74) is 2.38. The number of amides is 2. The molecule has 1 unspecified atom stereocenters. The molecular weight excluding hydrogens is 280 g/mol. The van der Waals surface area contributed by atoms with Crippen LogP contribution in [0.25, 0.3) is 0 Å². The molecule has 0 bridgehead atoms. The molecule has 120 valence electrons. The van der Waals surface area contributed by atoms with Gasteiger partial charge in [-0.15, -0.1) is 0 Å². The lowest BCUT2D eigenvalue weighted by atomic mass is 9.93. The minimum Gasteiger partial charge on any atom is -0.493 e. The summed E-state index contributed by atoms with van der Waals surface area (Å²) < 4.78 is 10.8. The smallest absolute Gasteiger partial charge is 0.317 e. The number of hydrogen-bond acceptors (Lipinski definition) is 3. The van der Waals surface area contributed by atoms with Crippen LogP contribution in [0.3, 0.4) is 0 Å². The van der Waals surface area contributed by atoms with E-state index in [1.807, 2.05) is 17.0 Å². The van der Waals surface area contributed by atoms with E-state index in [2.05, 4.69) is 12.2 Å². The van der Waals surface area contributed by atoms with E-state index < -0.39 is 0 Å². The highest BCUT2D eigenvalue weighted by Crippen LogP contribution is 2.38. The molecule has 1 aliphatic carbocycles. The van der Waals surface area contributed by atoms with Gasteiger partial charge in [0.1, 0.15) is 0 Å². The van der Waals surface area contributed by atoms with E-state index in [4.69, 9.17) is 9.47 Å². The van der Waals surface area contributed by atoms with Crippen molar-refractivity contribution < 1.29 is 14.3 Å². The summed E-state index contributed by atoms with van der Waals surface area (Å²) in [5.74, 6) is 2.16. The Hall–Kier alpha value is -1.91. The van der Waals surface area contributed by atoms with Crippen LogP contribution in [0.5, 0.6) is 11.5 Å². The van der Waals surface area contributed by atoms with Crippen molar-refractivity contribution >= 4 is 6.03 Å². The molecule has 0 saturated heterocycles. The number of nitrogens with one attached hydrogen (secondary N) is 1. The van der Waals surface area contributed by atoms with Crippen molar-refractivity contribution in [3.8, 4) is 11.5 Å². The van der Waals surface area contributed by atoms with E-state index in [0.29, 0.717) is 11.7 Å². The molecule has 1 aliphatic heterocycles. The Labute approximate surface area is 131 Å². The Morgan fingerprint density at radius 3 is 2.59 bits per heavy atom. The lowest BCUT2D eigenvalue weighted by molar-refractivity contribution is 0.174. The van der Waals surface area contributed by atoms with Crippen LogP contribution in [0.1, 0.15) is 36.9 Å². The fraction of sp³-hybridized carbons (Fsp3) is 0.588. The van der Waals surface area contributed by atoms with Gasteiger partial charge in [0.05, 0.1) is 20.3 Å². The van der Waals surface area contributed by atoms with Gasteiger partial charge in [-0.05, 0) is 55.4 Å². The van der Waals surface area contributed by atoms with Crippen LogP contribution >= 0.6 is 0 Å². The van der Waals surface area contributed by atoms with Crippen molar-refractivity contribution in [3.05, 3.63) is 23.3 Å². The first-order chi connectivity index (χ1) is 10.6. The second kappa shape index (κ2) is 6.07. The molecule has 1 aromatic carbocycles. The van der Waals surface area contributed by atoms with Crippen LogP contribution < -0.4 is 14.8 Å². The molecule has 2 aliphatic rings. The van der Waals surface area contributed by atoms with Gasteiger partial charge in [-0.2, -0.15) is 0 Å². The van der Waals surface area contributed by atoms with E-state index in [1.54, 1.807) is 14.2 Å². The van der Waals surface area contributed by atoms with Gasteiger partial charge in [0, 0.05) is 13.1 Å². The quantitative estimate of drug-likeness (QED) is 0.930. The molecule has 5 heteroatoms. The first-order valence-corrected chi connectivity index (χ1v) is 7.93. The van der Waals surface area contributed by atoms with Gasteiger partial charge in [0.25, 0.3) is 0 Å². The molecule has 1 heterocycles. The van der Waals surface area contributed by atoms with E-state index in [0.717, 1.165) is 30.8 Å². The average molecular weight is 304 g/mol. The molecule has 1 N–H and O–H groups in total. The van der Waals surface area contributed by atoms with Crippen LogP contribution in [0.2, 0.25) is 0 Å². The minimum atomic E-state index is 0.0415. The molecule has 22 heavy (non-hydrogen) atoms. The van der Waals surface area contributed by atoms with Gasteiger partial charge < -0.3 is 19.7 Å². The molecule has 0 radical (unpaired) electrons. The predicted molar refractivity (Wildman–Crippen MR) is 84.5 cm³/mol. The molecule has 1 atom stereocenters. The summed E-state index contributed by atoms with van der Waals surface area (Å²) >= 11 is 0. The third-order valence-electron chi connectivity index (χ3n) is 4.68. The molecule has 2 amide bonds. The van der Waals surface area contributed by atoms with Crippen molar-refractivity contribution in [3.63, 3.8) is 0 Å². The first-order valence-electron chi connectivity index (χ1n) is 7.93. The first kappa shape index (κ1) is 15.0. The Morgan fingerprint density at radius 1 is 1.27 bits per heavy atom. The molecular formula is C17H24N2O3. The van der Waals surface area contributed by atoms with Crippen molar-refractivity contribution in [2.24, 2.45) is 5.92 Å². The van der Waals surface area contributed by atoms with Crippen LogP contribution in [-0.2, 0) is 6.42 Å². The number of fused-ring (bicyclic) bond motifs is 1. The number of methoxy groups -OCH3 is 2. The van der Waals surface area contributed by atoms with Crippen molar-refractivity contribution in [2.75, 3.05) is 27.3 Å². The normalized spacial score (nSPS) is 20.3. The second-order valence-electron chi connectivity index (χ2n) is 6.15. The lowest BCUT2D eigenvalue weighted by Gasteiger charge is -2.35. The summed E-state index contributed by atoms with van der Waals surface area (Å²) in [6, 6.07) is 4.12. The number of ether oxygens (including phenoxy) is 2. The van der Waals surface area contributed by atoms with Gasteiger partial charge in [0.2, 0.25) is 0 Å². The second-order valence-corrected chi connectivity index (χ2v) is 6.15. The zero-order valence-electron chi connectivity index (χ0n) is 13.5.